The molecule has 0 unspecified atom stereocenters. The Morgan fingerprint density at radius 3 is 2.70 bits per heavy atom. The lowest BCUT2D eigenvalue weighted by Gasteiger charge is -2.11. The van der Waals surface area contributed by atoms with E-state index in [1.807, 2.05) is 0 Å². The molecule has 0 saturated heterocycles. The first-order valence-corrected chi connectivity index (χ1v) is 7.21. The van der Waals surface area contributed by atoms with Crippen LogP contribution in [-0.2, 0) is 16.1 Å². The Bertz CT molecular complexity index is 535. The summed E-state index contributed by atoms with van der Waals surface area (Å²) in [5, 5.41) is 11.6. The summed E-state index contributed by atoms with van der Waals surface area (Å²) in [5.74, 6) is -2.04. The Balaban J connectivity index is 1.90. The average molecular weight is 344 g/mol. The van der Waals surface area contributed by atoms with Crippen LogP contribution in [0.5, 0.6) is 0 Å². The Morgan fingerprint density at radius 2 is 2.05 bits per heavy atom. The molecule has 20 heavy (non-hydrogen) atoms. The van der Waals surface area contributed by atoms with E-state index in [4.69, 9.17) is 5.11 Å². The highest BCUT2D eigenvalue weighted by Crippen LogP contribution is 2.31. The summed E-state index contributed by atoms with van der Waals surface area (Å²) in [6, 6.07) is 4.29. The normalized spacial score (nSPS) is 21.7. The van der Waals surface area contributed by atoms with Crippen molar-refractivity contribution in [2.75, 3.05) is 0 Å². The Morgan fingerprint density at radius 1 is 1.35 bits per heavy atom. The van der Waals surface area contributed by atoms with E-state index in [9.17, 15) is 14.0 Å². The number of carbonyl (C=O) groups excluding carboxylic acids is 1. The number of aliphatic carboxylic acids is 1. The van der Waals surface area contributed by atoms with E-state index < -0.39 is 11.9 Å². The minimum atomic E-state index is -0.840. The van der Waals surface area contributed by atoms with Crippen molar-refractivity contribution in [3.05, 3.63) is 34.1 Å². The van der Waals surface area contributed by atoms with Crippen LogP contribution in [0.2, 0.25) is 0 Å². The van der Waals surface area contributed by atoms with Gasteiger partial charge in [0.1, 0.15) is 5.82 Å². The van der Waals surface area contributed by atoms with Crippen LogP contribution in [0.3, 0.4) is 0 Å². The number of carbonyl (C=O) groups is 2. The van der Waals surface area contributed by atoms with Crippen molar-refractivity contribution in [2.45, 2.75) is 25.8 Å². The first-order chi connectivity index (χ1) is 9.47. The summed E-state index contributed by atoms with van der Waals surface area (Å²) in [7, 11) is 0. The molecule has 1 aliphatic rings. The largest absolute Gasteiger partial charge is 0.481 e. The van der Waals surface area contributed by atoms with Crippen LogP contribution in [0.25, 0.3) is 0 Å². The van der Waals surface area contributed by atoms with Gasteiger partial charge in [-0.05, 0) is 43.0 Å². The predicted octanol–water partition coefficient (Wildman–Crippen LogP) is 2.71. The van der Waals surface area contributed by atoms with Crippen molar-refractivity contribution in [1.29, 1.82) is 0 Å². The van der Waals surface area contributed by atoms with E-state index in [1.54, 1.807) is 6.07 Å². The second-order valence-electron chi connectivity index (χ2n) is 5.00. The molecular weight excluding hydrogens is 329 g/mol. The van der Waals surface area contributed by atoms with Crippen LogP contribution >= 0.6 is 15.9 Å². The number of nitrogens with one attached hydrogen (secondary N) is 1. The molecule has 108 valence electrons. The molecule has 1 fully saturated rings. The number of carboxylic acid groups (broad SMARTS) is 1. The molecule has 0 bridgehead atoms. The molecule has 2 N–H and O–H groups in total. The van der Waals surface area contributed by atoms with Crippen molar-refractivity contribution in [3.63, 3.8) is 0 Å². The molecule has 0 heterocycles. The van der Waals surface area contributed by atoms with Gasteiger partial charge in [0.25, 0.3) is 0 Å². The molecule has 1 amide bonds. The van der Waals surface area contributed by atoms with E-state index in [0.717, 1.165) is 4.47 Å². The summed E-state index contributed by atoms with van der Waals surface area (Å²) >= 11 is 3.30. The number of amides is 1. The maximum absolute atomic E-state index is 13.1. The fourth-order valence-corrected chi connectivity index (χ4v) is 2.84. The van der Waals surface area contributed by atoms with Crippen LogP contribution < -0.4 is 5.32 Å². The molecule has 1 aliphatic carbocycles. The van der Waals surface area contributed by atoms with Gasteiger partial charge in [0.2, 0.25) is 5.91 Å². The van der Waals surface area contributed by atoms with Gasteiger partial charge in [-0.25, -0.2) is 4.39 Å². The number of rotatable bonds is 4. The molecule has 0 radical (unpaired) electrons. The molecular formula is C14H15BrFNO3. The van der Waals surface area contributed by atoms with E-state index in [-0.39, 0.29) is 24.2 Å². The van der Waals surface area contributed by atoms with Gasteiger partial charge in [-0.3, -0.25) is 9.59 Å². The third-order valence-corrected chi connectivity index (χ3v) is 4.39. The van der Waals surface area contributed by atoms with Gasteiger partial charge in [0.05, 0.1) is 5.92 Å². The standard InChI is InChI=1S/C14H15BrFNO3/c15-12-4-3-11(16)6-10(12)7-17-13(18)8-1-2-9(5-8)14(19)20/h3-4,6,8-9H,1-2,5,7H2,(H,17,18)(H,19,20)/t8-,9+/m0/s1. The van der Waals surface area contributed by atoms with Crippen molar-refractivity contribution in [3.8, 4) is 0 Å². The van der Waals surface area contributed by atoms with E-state index in [2.05, 4.69) is 21.2 Å². The van der Waals surface area contributed by atoms with E-state index in [1.165, 1.54) is 12.1 Å². The smallest absolute Gasteiger partial charge is 0.306 e. The zero-order valence-corrected chi connectivity index (χ0v) is 12.3. The fraction of sp³-hybridized carbons (Fsp3) is 0.429. The Hall–Kier alpha value is -1.43. The molecule has 1 aromatic carbocycles. The summed E-state index contributed by atoms with van der Waals surface area (Å²) in [6.45, 7) is 0.228. The van der Waals surface area contributed by atoms with Gasteiger partial charge < -0.3 is 10.4 Å². The van der Waals surface area contributed by atoms with Gasteiger partial charge >= 0.3 is 5.97 Å². The van der Waals surface area contributed by atoms with Crippen molar-refractivity contribution in [1.82, 2.24) is 5.32 Å². The summed E-state index contributed by atoms with van der Waals surface area (Å²) in [5.41, 5.74) is 0.658. The van der Waals surface area contributed by atoms with Gasteiger partial charge in [-0.15, -0.1) is 0 Å². The van der Waals surface area contributed by atoms with E-state index >= 15 is 0 Å². The Kier molecular flexibility index (Phi) is 4.75. The molecule has 0 aliphatic heterocycles. The lowest BCUT2D eigenvalue weighted by Crippen LogP contribution is -2.29. The second kappa shape index (κ2) is 6.35. The SMILES string of the molecule is O=C(O)[C@@H]1CC[C@H](C(=O)NCc2cc(F)ccc2Br)C1. The van der Waals surface area contributed by atoms with Crippen molar-refractivity contribution in [2.24, 2.45) is 11.8 Å². The predicted molar refractivity (Wildman–Crippen MR) is 74.4 cm³/mol. The highest BCUT2D eigenvalue weighted by Gasteiger charge is 2.33. The van der Waals surface area contributed by atoms with Crippen LogP contribution in [0.1, 0.15) is 24.8 Å². The van der Waals surface area contributed by atoms with Gasteiger partial charge in [-0.1, -0.05) is 15.9 Å². The zero-order chi connectivity index (χ0) is 14.7. The number of hydrogen-bond acceptors (Lipinski definition) is 2. The highest BCUT2D eigenvalue weighted by atomic mass is 79.9. The van der Waals surface area contributed by atoms with Crippen LogP contribution in [0, 0.1) is 17.7 Å². The third kappa shape index (κ3) is 3.56. The van der Waals surface area contributed by atoms with Crippen LogP contribution in [0.4, 0.5) is 4.39 Å². The number of carboxylic acids is 1. The highest BCUT2D eigenvalue weighted by molar-refractivity contribution is 9.10. The quantitative estimate of drug-likeness (QED) is 0.883. The maximum Gasteiger partial charge on any atom is 0.306 e. The number of hydrogen-bond donors (Lipinski definition) is 2. The minimum Gasteiger partial charge on any atom is -0.481 e. The van der Waals surface area contributed by atoms with Crippen molar-refractivity contribution >= 4 is 27.8 Å². The molecule has 0 spiro atoms. The average Bonchev–Trinajstić information content (AvgIpc) is 2.89. The Labute approximate surface area is 124 Å². The molecule has 1 aromatic rings. The molecule has 4 nitrogen and oxygen atoms in total. The molecule has 1 saturated carbocycles. The number of benzene rings is 1. The van der Waals surface area contributed by atoms with Crippen molar-refractivity contribution < 1.29 is 19.1 Å². The minimum absolute atomic E-state index is 0.162. The maximum atomic E-state index is 13.1. The topological polar surface area (TPSA) is 66.4 Å². The summed E-state index contributed by atoms with van der Waals surface area (Å²) in [6.07, 6.45) is 1.51. The number of halogens is 2. The summed E-state index contributed by atoms with van der Waals surface area (Å²) < 4.78 is 13.8. The summed E-state index contributed by atoms with van der Waals surface area (Å²) in [4.78, 5) is 22.8. The zero-order valence-electron chi connectivity index (χ0n) is 10.7. The van der Waals surface area contributed by atoms with Gasteiger partial charge in [0, 0.05) is 16.9 Å². The molecule has 2 atom stereocenters. The van der Waals surface area contributed by atoms with Gasteiger partial charge in [0.15, 0.2) is 0 Å². The van der Waals surface area contributed by atoms with Crippen LogP contribution in [0.15, 0.2) is 22.7 Å². The van der Waals surface area contributed by atoms with Gasteiger partial charge in [-0.2, -0.15) is 0 Å². The fourth-order valence-electron chi connectivity index (χ4n) is 2.45. The van der Waals surface area contributed by atoms with E-state index in [0.29, 0.717) is 24.8 Å². The molecule has 0 aromatic heterocycles. The monoisotopic (exact) mass is 343 g/mol. The first-order valence-electron chi connectivity index (χ1n) is 6.42. The first kappa shape index (κ1) is 15.0. The lowest BCUT2D eigenvalue weighted by molar-refractivity contribution is -0.141. The van der Waals surface area contributed by atoms with Crippen LogP contribution in [-0.4, -0.2) is 17.0 Å². The molecule has 6 heteroatoms. The molecule has 2 rings (SSSR count). The third-order valence-electron chi connectivity index (χ3n) is 3.61. The second-order valence-corrected chi connectivity index (χ2v) is 5.85. The lowest BCUT2D eigenvalue weighted by atomic mass is 10.0.